The minimum Gasteiger partial charge on any atom is -0.466 e. The number of furan rings is 1. The molecule has 1 fully saturated rings. The highest BCUT2D eigenvalue weighted by Gasteiger charge is 2.36. The Morgan fingerprint density at radius 3 is 3.05 bits per heavy atom. The standard InChI is InChI=1S/C16H21N3O2/c1-10-9-13(10)14-5-3-12(21-14)4-6-15(20)19-11(2)16-17-7-8-18-16/h3,5,7-8,10-11,13H,4,6,9H2,1-2H3,(H,17,18)(H,19,20). The van der Waals surface area contributed by atoms with Crippen LogP contribution in [0.1, 0.15) is 56.0 Å². The van der Waals surface area contributed by atoms with E-state index in [1.807, 2.05) is 19.1 Å². The molecule has 3 atom stereocenters. The SMILES string of the molecule is CC(NC(=O)CCc1ccc(C2CC2C)o1)c1ncc[nH]1. The Kier molecular flexibility index (Phi) is 3.82. The highest BCUT2D eigenvalue weighted by Crippen LogP contribution is 2.47. The summed E-state index contributed by atoms with van der Waals surface area (Å²) in [6.07, 6.45) is 5.71. The monoisotopic (exact) mass is 287 g/mol. The lowest BCUT2D eigenvalue weighted by atomic mass is 10.2. The molecule has 0 radical (unpaired) electrons. The summed E-state index contributed by atoms with van der Waals surface area (Å²) in [5.74, 6) is 4.07. The molecule has 2 heterocycles. The third kappa shape index (κ3) is 3.35. The van der Waals surface area contributed by atoms with Gasteiger partial charge in [0.15, 0.2) is 0 Å². The van der Waals surface area contributed by atoms with Gasteiger partial charge in [-0.25, -0.2) is 4.98 Å². The van der Waals surface area contributed by atoms with E-state index in [0.29, 0.717) is 18.8 Å². The number of hydrogen-bond donors (Lipinski definition) is 2. The van der Waals surface area contributed by atoms with Gasteiger partial charge in [0.2, 0.25) is 5.91 Å². The molecule has 0 aromatic carbocycles. The number of aromatic nitrogens is 2. The molecule has 0 saturated heterocycles. The summed E-state index contributed by atoms with van der Waals surface area (Å²) in [6.45, 7) is 4.15. The van der Waals surface area contributed by atoms with Gasteiger partial charge in [0, 0.05) is 31.2 Å². The maximum atomic E-state index is 11.9. The van der Waals surface area contributed by atoms with Crippen LogP contribution >= 0.6 is 0 Å². The molecule has 2 N–H and O–H groups in total. The lowest BCUT2D eigenvalue weighted by Crippen LogP contribution is -2.27. The van der Waals surface area contributed by atoms with E-state index in [9.17, 15) is 4.79 Å². The maximum absolute atomic E-state index is 11.9. The maximum Gasteiger partial charge on any atom is 0.221 e. The van der Waals surface area contributed by atoms with E-state index in [1.165, 1.54) is 6.42 Å². The first kappa shape index (κ1) is 13.9. The molecule has 0 bridgehead atoms. The van der Waals surface area contributed by atoms with Gasteiger partial charge < -0.3 is 14.7 Å². The topological polar surface area (TPSA) is 70.9 Å². The van der Waals surface area contributed by atoms with Gasteiger partial charge in [0.05, 0.1) is 6.04 Å². The first-order valence-electron chi connectivity index (χ1n) is 7.50. The molecule has 1 amide bonds. The average Bonchev–Trinajstić information content (AvgIpc) is 2.93. The van der Waals surface area contributed by atoms with Crippen LogP contribution in [0.4, 0.5) is 0 Å². The first-order chi connectivity index (χ1) is 10.1. The van der Waals surface area contributed by atoms with Crippen molar-refractivity contribution in [3.05, 3.63) is 41.9 Å². The Morgan fingerprint density at radius 1 is 1.57 bits per heavy atom. The van der Waals surface area contributed by atoms with Crippen molar-refractivity contribution in [1.29, 1.82) is 0 Å². The zero-order valence-electron chi connectivity index (χ0n) is 12.4. The summed E-state index contributed by atoms with van der Waals surface area (Å²) in [4.78, 5) is 19.1. The fourth-order valence-electron chi connectivity index (χ4n) is 2.58. The van der Waals surface area contributed by atoms with Gasteiger partial charge in [-0.3, -0.25) is 4.79 Å². The second kappa shape index (κ2) is 5.76. The highest BCUT2D eigenvalue weighted by atomic mass is 16.3. The first-order valence-corrected chi connectivity index (χ1v) is 7.50. The van der Waals surface area contributed by atoms with Crippen molar-refractivity contribution >= 4 is 5.91 Å². The van der Waals surface area contributed by atoms with Gasteiger partial charge in [0.1, 0.15) is 17.3 Å². The number of hydrogen-bond acceptors (Lipinski definition) is 3. The van der Waals surface area contributed by atoms with Crippen LogP contribution in [0.3, 0.4) is 0 Å². The highest BCUT2D eigenvalue weighted by molar-refractivity contribution is 5.76. The Hall–Kier alpha value is -2.04. The van der Waals surface area contributed by atoms with E-state index >= 15 is 0 Å². The number of nitrogens with one attached hydrogen (secondary N) is 2. The van der Waals surface area contributed by atoms with Gasteiger partial charge in [-0.2, -0.15) is 0 Å². The summed E-state index contributed by atoms with van der Waals surface area (Å²) in [5, 5.41) is 2.93. The van der Waals surface area contributed by atoms with E-state index in [4.69, 9.17) is 4.42 Å². The minimum absolute atomic E-state index is 0.0108. The lowest BCUT2D eigenvalue weighted by Gasteiger charge is -2.10. The quantitative estimate of drug-likeness (QED) is 0.858. The van der Waals surface area contributed by atoms with Crippen LogP contribution < -0.4 is 5.32 Å². The fourth-order valence-corrected chi connectivity index (χ4v) is 2.58. The molecule has 1 aliphatic rings. The Labute approximate surface area is 124 Å². The molecule has 0 spiro atoms. The van der Waals surface area contributed by atoms with Crippen molar-refractivity contribution in [2.24, 2.45) is 5.92 Å². The van der Waals surface area contributed by atoms with E-state index in [2.05, 4.69) is 22.2 Å². The van der Waals surface area contributed by atoms with Crippen LogP contribution in [0.5, 0.6) is 0 Å². The number of carbonyl (C=O) groups excluding carboxylic acids is 1. The molecule has 0 aliphatic heterocycles. The summed E-state index contributed by atoms with van der Waals surface area (Å²) >= 11 is 0. The van der Waals surface area contributed by atoms with Crippen LogP contribution in [-0.2, 0) is 11.2 Å². The molecule has 1 aliphatic carbocycles. The number of imidazole rings is 1. The second-order valence-corrected chi connectivity index (χ2v) is 5.89. The normalized spacial score (nSPS) is 22.0. The number of H-pyrrole nitrogens is 1. The zero-order chi connectivity index (χ0) is 14.8. The molecule has 21 heavy (non-hydrogen) atoms. The number of nitrogens with zero attached hydrogens (tertiary/aromatic N) is 1. The van der Waals surface area contributed by atoms with Gasteiger partial charge in [0.25, 0.3) is 0 Å². The fraction of sp³-hybridized carbons (Fsp3) is 0.500. The summed E-state index contributed by atoms with van der Waals surface area (Å²) in [7, 11) is 0. The van der Waals surface area contributed by atoms with Crippen molar-refractivity contribution in [1.82, 2.24) is 15.3 Å². The number of aryl methyl sites for hydroxylation is 1. The smallest absolute Gasteiger partial charge is 0.221 e. The third-order valence-electron chi connectivity index (χ3n) is 4.06. The van der Waals surface area contributed by atoms with Crippen LogP contribution in [0, 0.1) is 5.92 Å². The van der Waals surface area contributed by atoms with E-state index in [0.717, 1.165) is 23.3 Å². The van der Waals surface area contributed by atoms with Crippen LogP contribution in [-0.4, -0.2) is 15.9 Å². The Balaban J connectivity index is 1.46. The van der Waals surface area contributed by atoms with Gasteiger partial charge >= 0.3 is 0 Å². The predicted molar refractivity (Wildman–Crippen MR) is 78.7 cm³/mol. The number of rotatable bonds is 6. The Morgan fingerprint density at radius 2 is 2.38 bits per heavy atom. The summed E-state index contributed by atoms with van der Waals surface area (Å²) < 4.78 is 5.81. The minimum atomic E-state index is -0.105. The summed E-state index contributed by atoms with van der Waals surface area (Å²) in [5.41, 5.74) is 0. The lowest BCUT2D eigenvalue weighted by molar-refractivity contribution is -0.121. The van der Waals surface area contributed by atoms with Crippen LogP contribution in [0.25, 0.3) is 0 Å². The third-order valence-corrected chi connectivity index (χ3v) is 4.06. The largest absolute Gasteiger partial charge is 0.466 e. The number of amides is 1. The number of aromatic amines is 1. The van der Waals surface area contributed by atoms with Gasteiger partial charge in [-0.05, 0) is 31.4 Å². The molecule has 112 valence electrons. The zero-order valence-corrected chi connectivity index (χ0v) is 12.4. The molecule has 2 aromatic rings. The number of carbonyl (C=O) groups is 1. The van der Waals surface area contributed by atoms with Gasteiger partial charge in [-0.15, -0.1) is 0 Å². The van der Waals surface area contributed by atoms with Crippen molar-refractivity contribution < 1.29 is 9.21 Å². The second-order valence-electron chi connectivity index (χ2n) is 5.89. The molecule has 3 unspecified atom stereocenters. The molecule has 3 rings (SSSR count). The van der Waals surface area contributed by atoms with Crippen LogP contribution in [0.2, 0.25) is 0 Å². The molecule has 5 nitrogen and oxygen atoms in total. The summed E-state index contributed by atoms with van der Waals surface area (Å²) in [6, 6.07) is 3.93. The Bertz CT molecular complexity index is 603. The molecular formula is C16H21N3O2. The van der Waals surface area contributed by atoms with Crippen molar-refractivity contribution in [2.75, 3.05) is 0 Å². The molecule has 2 aromatic heterocycles. The average molecular weight is 287 g/mol. The molecular weight excluding hydrogens is 266 g/mol. The molecule has 5 heteroatoms. The van der Waals surface area contributed by atoms with E-state index < -0.39 is 0 Å². The van der Waals surface area contributed by atoms with Crippen molar-refractivity contribution in [3.63, 3.8) is 0 Å². The van der Waals surface area contributed by atoms with Crippen molar-refractivity contribution in [3.8, 4) is 0 Å². The van der Waals surface area contributed by atoms with Gasteiger partial charge in [-0.1, -0.05) is 6.92 Å². The van der Waals surface area contributed by atoms with Crippen LogP contribution in [0.15, 0.2) is 28.9 Å². The van der Waals surface area contributed by atoms with E-state index in [1.54, 1.807) is 12.4 Å². The van der Waals surface area contributed by atoms with E-state index in [-0.39, 0.29) is 11.9 Å². The van der Waals surface area contributed by atoms with Crippen molar-refractivity contribution in [2.45, 2.75) is 45.1 Å². The molecule has 1 saturated carbocycles. The predicted octanol–water partition coefficient (Wildman–Crippen LogP) is 2.94.